The molecular formula is C16H21NO3S. The van der Waals surface area contributed by atoms with E-state index in [4.69, 9.17) is 4.74 Å². The number of sulfone groups is 1. The van der Waals surface area contributed by atoms with Gasteiger partial charge >= 0.3 is 0 Å². The lowest BCUT2D eigenvalue weighted by molar-refractivity contribution is 0.337. The molecule has 0 aliphatic rings. The van der Waals surface area contributed by atoms with Crippen molar-refractivity contribution in [3.63, 3.8) is 0 Å². The molecule has 0 saturated carbocycles. The van der Waals surface area contributed by atoms with Gasteiger partial charge in [-0.05, 0) is 23.4 Å². The third kappa shape index (κ3) is 4.44. The maximum Gasteiger partial charge on any atom is 0.150 e. The Bertz CT molecular complexity index is 711. The van der Waals surface area contributed by atoms with E-state index in [0.717, 1.165) is 28.6 Å². The predicted octanol–water partition coefficient (Wildman–Crippen LogP) is 2.37. The minimum absolute atomic E-state index is 0.0282. The highest BCUT2D eigenvalue weighted by atomic mass is 32.2. The SMILES string of the molecule is CCNCc1c(OCCS(C)(=O)=O)ccc2ccccc12. The molecule has 0 unspecified atom stereocenters. The lowest BCUT2D eigenvalue weighted by Gasteiger charge is -2.14. The number of rotatable bonds is 7. The van der Waals surface area contributed by atoms with Gasteiger partial charge in [0.1, 0.15) is 12.4 Å². The Kier molecular flexibility index (Phi) is 5.20. The Hall–Kier alpha value is -1.59. The second-order valence-corrected chi connectivity index (χ2v) is 7.28. The molecule has 5 heteroatoms. The number of ether oxygens (including phenoxy) is 1. The van der Waals surface area contributed by atoms with Gasteiger partial charge in [-0.1, -0.05) is 37.3 Å². The van der Waals surface area contributed by atoms with Crippen molar-refractivity contribution in [1.29, 1.82) is 0 Å². The van der Waals surface area contributed by atoms with Crippen LogP contribution in [0.15, 0.2) is 36.4 Å². The normalized spacial score (nSPS) is 11.7. The van der Waals surface area contributed by atoms with Crippen LogP contribution in [-0.2, 0) is 16.4 Å². The number of fused-ring (bicyclic) bond motifs is 1. The molecule has 2 aromatic rings. The van der Waals surface area contributed by atoms with Crippen LogP contribution in [0.4, 0.5) is 0 Å². The van der Waals surface area contributed by atoms with Crippen molar-refractivity contribution in [2.45, 2.75) is 13.5 Å². The van der Waals surface area contributed by atoms with E-state index < -0.39 is 9.84 Å². The van der Waals surface area contributed by atoms with Crippen molar-refractivity contribution < 1.29 is 13.2 Å². The molecule has 21 heavy (non-hydrogen) atoms. The smallest absolute Gasteiger partial charge is 0.150 e. The van der Waals surface area contributed by atoms with Gasteiger partial charge < -0.3 is 10.1 Å². The van der Waals surface area contributed by atoms with E-state index in [2.05, 4.69) is 24.4 Å². The molecule has 1 N–H and O–H groups in total. The van der Waals surface area contributed by atoms with Gasteiger partial charge in [0.25, 0.3) is 0 Å². The van der Waals surface area contributed by atoms with Crippen LogP contribution in [0.1, 0.15) is 12.5 Å². The summed E-state index contributed by atoms with van der Waals surface area (Å²) in [6.45, 7) is 3.80. The van der Waals surface area contributed by atoms with E-state index >= 15 is 0 Å². The molecule has 0 aliphatic carbocycles. The summed E-state index contributed by atoms with van der Waals surface area (Å²) < 4.78 is 28.1. The molecule has 0 atom stereocenters. The van der Waals surface area contributed by atoms with E-state index in [0.29, 0.717) is 6.54 Å². The molecule has 0 spiro atoms. The molecule has 0 fully saturated rings. The van der Waals surface area contributed by atoms with Crippen LogP contribution in [0.3, 0.4) is 0 Å². The van der Waals surface area contributed by atoms with Crippen LogP contribution < -0.4 is 10.1 Å². The number of hydrogen-bond acceptors (Lipinski definition) is 4. The molecule has 4 nitrogen and oxygen atoms in total. The zero-order chi connectivity index (χ0) is 15.3. The lowest BCUT2D eigenvalue weighted by Crippen LogP contribution is -2.16. The van der Waals surface area contributed by atoms with Crippen LogP contribution in [0.5, 0.6) is 5.75 Å². The molecular weight excluding hydrogens is 286 g/mol. The van der Waals surface area contributed by atoms with Crippen molar-refractivity contribution in [2.75, 3.05) is 25.2 Å². The van der Waals surface area contributed by atoms with Gasteiger partial charge in [-0.15, -0.1) is 0 Å². The minimum atomic E-state index is -3.01. The maximum atomic E-state index is 11.2. The number of hydrogen-bond donors (Lipinski definition) is 1. The summed E-state index contributed by atoms with van der Waals surface area (Å²) >= 11 is 0. The highest BCUT2D eigenvalue weighted by Gasteiger charge is 2.10. The summed E-state index contributed by atoms with van der Waals surface area (Å²) in [6.07, 6.45) is 1.22. The van der Waals surface area contributed by atoms with Crippen LogP contribution in [0.25, 0.3) is 10.8 Å². The van der Waals surface area contributed by atoms with Crippen LogP contribution in [-0.4, -0.2) is 33.6 Å². The molecule has 0 aliphatic heterocycles. The zero-order valence-electron chi connectivity index (χ0n) is 12.4. The number of benzene rings is 2. The molecule has 114 valence electrons. The standard InChI is InChI=1S/C16H21NO3S/c1-3-17-12-15-14-7-5-4-6-13(14)8-9-16(15)20-10-11-21(2,18)19/h4-9,17H,3,10-12H2,1-2H3. The second kappa shape index (κ2) is 6.91. The van der Waals surface area contributed by atoms with Gasteiger partial charge in [-0.25, -0.2) is 8.42 Å². The predicted molar refractivity (Wildman–Crippen MR) is 86.5 cm³/mol. The van der Waals surface area contributed by atoms with Crippen molar-refractivity contribution in [1.82, 2.24) is 5.32 Å². The Balaban J connectivity index is 2.28. The third-order valence-corrected chi connectivity index (χ3v) is 4.17. The van der Waals surface area contributed by atoms with E-state index in [1.54, 1.807) is 0 Å². The van der Waals surface area contributed by atoms with Crippen LogP contribution in [0, 0.1) is 0 Å². The van der Waals surface area contributed by atoms with Gasteiger partial charge in [0.15, 0.2) is 9.84 Å². The van der Waals surface area contributed by atoms with Crippen molar-refractivity contribution in [3.05, 3.63) is 42.0 Å². The van der Waals surface area contributed by atoms with Crippen molar-refractivity contribution in [2.24, 2.45) is 0 Å². The Morgan fingerprint density at radius 2 is 1.90 bits per heavy atom. The summed E-state index contributed by atoms with van der Waals surface area (Å²) in [6, 6.07) is 12.0. The zero-order valence-corrected chi connectivity index (χ0v) is 13.2. The molecule has 0 amide bonds. The van der Waals surface area contributed by atoms with Crippen LogP contribution >= 0.6 is 0 Å². The van der Waals surface area contributed by atoms with Gasteiger partial charge in [-0.3, -0.25) is 0 Å². The minimum Gasteiger partial charge on any atom is -0.492 e. The third-order valence-electron chi connectivity index (χ3n) is 3.26. The maximum absolute atomic E-state index is 11.2. The van der Waals surface area contributed by atoms with E-state index in [1.807, 2.05) is 24.3 Å². The molecule has 0 bridgehead atoms. The fraction of sp³-hybridized carbons (Fsp3) is 0.375. The summed E-state index contributed by atoms with van der Waals surface area (Å²) in [5.74, 6) is 0.777. The average Bonchev–Trinajstić information content (AvgIpc) is 2.44. The van der Waals surface area contributed by atoms with Crippen LogP contribution in [0.2, 0.25) is 0 Å². The summed E-state index contributed by atoms with van der Waals surface area (Å²) in [5, 5.41) is 5.59. The summed E-state index contributed by atoms with van der Waals surface area (Å²) in [7, 11) is -3.01. The first-order chi connectivity index (χ1) is 10.0. The topological polar surface area (TPSA) is 55.4 Å². The fourth-order valence-electron chi connectivity index (χ4n) is 2.19. The summed E-state index contributed by atoms with van der Waals surface area (Å²) in [5.41, 5.74) is 1.07. The highest BCUT2D eigenvalue weighted by molar-refractivity contribution is 7.90. The Labute approximate surface area is 126 Å². The molecule has 0 saturated heterocycles. The van der Waals surface area contributed by atoms with Gasteiger partial charge in [0.2, 0.25) is 0 Å². The first-order valence-electron chi connectivity index (χ1n) is 7.03. The molecule has 2 rings (SSSR count). The van der Waals surface area contributed by atoms with Crippen molar-refractivity contribution >= 4 is 20.6 Å². The largest absolute Gasteiger partial charge is 0.492 e. The van der Waals surface area contributed by atoms with Gasteiger partial charge in [-0.2, -0.15) is 0 Å². The first-order valence-corrected chi connectivity index (χ1v) is 9.09. The Morgan fingerprint density at radius 1 is 1.14 bits per heavy atom. The van der Waals surface area contributed by atoms with Gasteiger partial charge in [0, 0.05) is 18.4 Å². The molecule has 0 aromatic heterocycles. The monoisotopic (exact) mass is 307 g/mol. The quantitative estimate of drug-likeness (QED) is 0.853. The summed E-state index contributed by atoms with van der Waals surface area (Å²) in [4.78, 5) is 0. The number of nitrogens with one attached hydrogen (secondary N) is 1. The highest BCUT2D eigenvalue weighted by Crippen LogP contribution is 2.28. The van der Waals surface area contributed by atoms with Crippen molar-refractivity contribution in [3.8, 4) is 5.75 Å². The second-order valence-electron chi connectivity index (χ2n) is 5.02. The molecule has 0 radical (unpaired) electrons. The lowest BCUT2D eigenvalue weighted by atomic mass is 10.0. The average molecular weight is 307 g/mol. The van der Waals surface area contributed by atoms with Gasteiger partial charge in [0.05, 0.1) is 5.75 Å². The van der Waals surface area contributed by atoms with E-state index in [1.165, 1.54) is 6.26 Å². The van der Waals surface area contributed by atoms with E-state index in [-0.39, 0.29) is 12.4 Å². The fourth-order valence-corrected chi connectivity index (χ4v) is 2.57. The molecule has 0 heterocycles. The van der Waals surface area contributed by atoms with E-state index in [9.17, 15) is 8.42 Å². The Morgan fingerprint density at radius 3 is 2.62 bits per heavy atom. The first kappa shape index (κ1) is 15.8. The molecule has 2 aromatic carbocycles.